The molecule has 0 aromatic carbocycles. The Morgan fingerprint density at radius 1 is 1.41 bits per heavy atom. The van der Waals surface area contributed by atoms with Crippen LogP contribution in [-0.2, 0) is 9.53 Å². The van der Waals surface area contributed by atoms with Gasteiger partial charge in [-0.15, -0.1) is 0 Å². The largest absolute Gasteiger partial charge is 0.447 e. The molecule has 1 rings (SSSR count). The van der Waals surface area contributed by atoms with Gasteiger partial charge in [-0.3, -0.25) is 4.79 Å². The van der Waals surface area contributed by atoms with Gasteiger partial charge >= 0.3 is 6.09 Å². The molecule has 1 heterocycles. The Labute approximate surface area is 134 Å². The molecule has 1 saturated heterocycles. The lowest BCUT2D eigenvalue weighted by atomic mass is 9.76. The minimum absolute atomic E-state index is 0.133. The first kappa shape index (κ1) is 18.9. The van der Waals surface area contributed by atoms with Crippen molar-refractivity contribution < 1.29 is 19.4 Å². The molecule has 1 aliphatic heterocycles. The van der Waals surface area contributed by atoms with E-state index in [-0.39, 0.29) is 24.5 Å². The summed E-state index contributed by atoms with van der Waals surface area (Å²) in [6.07, 6.45) is 2.42. The second kappa shape index (κ2) is 7.95. The molecule has 0 aromatic rings. The third-order valence-corrected chi connectivity index (χ3v) is 4.73. The zero-order chi connectivity index (χ0) is 16.9. The molecule has 0 spiro atoms. The summed E-state index contributed by atoms with van der Waals surface area (Å²) in [4.78, 5) is 26.4. The van der Waals surface area contributed by atoms with Gasteiger partial charge in [0.15, 0.2) is 0 Å². The van der Waals surface area contributed by atoms with Crippen LogP contribution in [0.15, 0.2) is 0 Å². The Kier molecular flexibility index (Phi) is 6.85. The first-order valence-electron chi connectivity index (χ1n) is 8.48. The van der Waals surface area contributed by atoms with Crippen molar-refractivity contribution in [2.24, 2.45) is 11.3 Å². The van der Waals surface area contributed by atoms with Gasteiger partial charge in [0, 0.05) is 0 Å². The van der Waals surface area contributed by atoms with Crippen LogP contribution in [0.2, 0.25) is 0 Å². The fraction of sp³-hybridized carbons (Fsp3) is 0.882. The van der Waals surface area contributed by atoms with Crippen LogP contribution in [0.3, 0.4) is 0 Å². The number of aliphatic hydroxyl groups is 1. The van der Waals surface area contributed by atoms with Gasteiger partial charge in [-0.25, -0.2) is 9.69 Å². The molecule has 5 heteroatoms. The first-order valence-corrected chi connectivity index (χ1v) is 8.48. The molecule has 1 N–H and O–H groups in total. The van der Waals surface area contributed by atoms with Gasteiger partial charge in [-0.2, -0.15) is 0 Å². The summed E-state index contributed by atoms with van der Waals surface area (Å²) in [5.41, 5.74) is -0.928. The summed E-state index contributed by atoms with van der Waals surface area (Å²) < 4.78 is 5.08. The van der Waals surface area contributed by atoms with Gasteiger partial charge in [-0.1, -0.05) is 47.0 Å². The number of rotatable bonds is 8. The SMILES string of the molecule is CCCC[C@](C)(C(=O)N1C(=O)OC[C@@H]1C(C)C)[C@@H](O)CCC. The predicted molar refractivity (Wildman–Crippen MR) is 85.4 cm³/mol. The topological polar surface area (TPSA) is 66.8 Å². The average Bonchev–Trinajstić information content (AvgIpc) is 2.86. The molecule has 3 atom stereocenters. The molecule has 0 unspecified atom stereocenters. The molecular formula is C17H31NO4. The predicted octanol–water partition coefficient (Wildman–Crippen LogP) is 3.35. The molecule has 0 aliphatic carbocycles. The van der Waals surface area contributed by atoms with Crippen molar-refractivity contribution in [1.82, 2.24) is 4.90 Å². The molecule has 5 nitrogen and oxygen atoms in total. The van der Waals surface area contributed by atoms with E-state index in [4.69, 9.17) is 4.74 Å². The van der Waals surface area contributed by atoms with Crippen molar-refractivity contribution in [1.29, 1.82) is 0 Å². The van der Waals surface area contributed by atoms with E-state index in [1.807, 2.05) is 20.8 Å². The molecule has 1 fully saturated rings. The third-order valence-electron chi connectivity index (χ3n) is 4.73. The van der Waals surface area contributed by atoms with E-state index in [0.29, 0.717) is 12.8 Å². The number of aliphatic hydroxyl groups excluding tert-OH is 1. The number of unbranched alkanes of at least 4 members (excludes halogenated alkanes) is 1. The summed E-state index contributed by atoms with van der Waals surface area (Å²) in [5.74, 6) is -0.155. The number of hydrogen-bond acceptors (Lipinski definition) is 4. The van der Waals surface area contributed by atoms with E-state index in [0.717, 1.165) is 19.3 Å². The second-order valence-electron chi connectivity index (χ2n) is 6.89. The van der Waals surface area contributed by atoms with Crippen LogP contribution in [-0.4, -0.2) is 40.8 Å². The maximum atomic E-state index is 13.1. The molecule has 1 aliphatic rings. The van der Waals surface area contributed by atoms with E-state index < -0.39 is 17.6 Å². The molecule has 0 radical (unpaired) electrons. The minimum atomic E-state index is -0.928. The van der Waals surface area contributed by atoms with Gasteiger partial charge in [0.05, 0.1) is 17.6 Å². The van der Waals surface area contributed by atoms with Crippen LogP contribution in [0.4, 0.5) is 4.79 Å². The van der Waals surface area contributed by atoms with Crippen LogP contribution in [0.1, 0.15) is 66.7 Å². The number of hydrogen-bond donors (Lipinski definition) is 1. The summed E-state index contributed by atoms with van der Waals surface area (Å²) in [5, 5.41) is 10.5. The number of ether oxygens (including phenoxy) is 1. The highest BCUT2D eigenvalue weighted by Gasteiger charge is 2.49. The van der Waals surface area contributed by atoms with Crippen LogP contribution < -0.4 is 0 Å². The number of nitrogens with zero attached hydrogens (tertiary/aromatic N) is 1. The lowest BCUT2D eigenvalue weighted by Gasteiger charge is -2.37. The highest BCUT2D eigenvalue weighted by molar-refractivity contribution is 5.97. The average molecular weight is 313 g/mol. The molecule has 0 bridgehead atoms. The monoisotopic (exact) mass is 313 g/mol. The zero-order valence-electron chi connectivity index (χ0n) is 14.6. The summed E-state index contributed by atoms with van der Waals surface area (Å²) >= 11 is 0. The fourth-order valence-electron chi connectivity index (χ4n) is 2.99. The molecular weight excluding hydrogens is 282 g/mol. The standard InChI is InChI=1S/C17H31NO4/c1-6-8-10-17(5,14(19)9-7-2)15(20)18-13(12(3)4)11-22-16(18)21/h12-14,19H,6-11H2,1-5H3/t13-,14+,17+/m1/s1. The summed E-state index contributed by atoms with van der Waals surface area (Å²) in [7, 11) is 0. The number of carbonyl (C=O) groups is 2. The second-order valence-corrected chi connectivity index (χ2v) is 6.89. The Balaban J connectivity index is 3.06. The van der Waals surface area contributed by atoms with E-state index >= 15 is 0 Å². The van der Waals surface area contributed by atoms with Crippen LogP contribution >= 0.6 is 0 Å². The Morgan fingerprint density at radius 3 is 2.55 bits per heavy atom. The summed E-state index contributed by atoms with van der Waals surface area (Å²) in [6.45, 7) is 10.0. The van der Waals surface area contributed by atoms with Crippen molar-refractivity contribution in [3.63, 3.8) is 0 Å². The summed E-state index contributed by atoms with van der Waals surface area (Å²) in [6, 6.07) is -0.241. The number of carbonyl (C=O) groups excluding carboxylic acids is 2. The van der Waals surface area contributed by atoms with Crippen molar-refractivity contribution in [3.05, 3.63) is 0 Å². The van der Waals surface area contributed by atoms with Gasteiger partial charge in [-0.05, 0) is 25.7 Å². The normalized spacial score (nSPS) is 22.6. The lowest BCUT2D eigenvalue weighted by Crippen LogP contribution is -2.53. The van der Waals surface area contributed by atoms with Crippen molar-refractivity contribution in [3.8, 4) is 0 Å². The fourth-order valence-corrected chi connectivity index (χ4v) is 2.99. The molecule has 22 heavy (non-hydrogen) atoms. The van der Waals surface area contributed by atoms with E-state index in [2.05, 4.69) is 6.92 Å². The van der Waals surface area contributed by atoms with Crippen LogP contribution in [0, 0.1) is 11.3 Å². The van der Waals surface area contributed by atoms with Gasteiger partial charge < -0.3 is 9.84 Å². The van der Waals surface area contributed by atoms with Gasteiger partial charge in [0.1, 0.15) is 6.61 Å². The number of imide groups is 1. The Hall–Kier alpha value is -1.10. The highest BCUT2D eigenvalue weighted by atomic mass is 16.6. The maximum absolute atomic E-state index is 13.1. The molecule has 2 amide bonds. The van der Waals surface area contributed by atoms with Gasteiger partial charge in [0.25, 0.3) is 0 Å². The van der Waals surface area contributed by atoms with Crippen LogP contribution in [0.5, 0.6) is 0 Å². The van der Waals surface area contributed by atoms with Crippen molar-refractivity contribution in [2.75, 3.05) is 6.61 Å². The Bertz CT molecular complexity index is 396. The third kappa shape index (κ3) is 3.80. The van der Waals surface area contributed by atoms with Crippen molar-refractivity contribution >= 4 is 12.0 Å². The first-order chi connectivity index (χ1) is 10.3. The highest BCUT2D eigenvalue weighted by Crippen LogP contribution is 2.36. The molecule has 0 aromatic heterocycles. The lowest BCUT2D eigenvalue weighted by molar-refractivity contribution is -0.147. The number of amides is 2. The van der Waals surface area contributed by atoms with Crippen LogP contribution in [0.25, 0.3) is 0 Å². The van der Waals surface area contributed by atoms with Crippen molar-refractivity contribution in [2.45, 2.75) is 78.9 Å². The quantitative estimate of drug-likeness (QED) is 0.746. The zero-order valence-corrected chi connectivity index (χ0v) is 14.6. The van der Waals surface area contributed by atoms with E-state index in [9.17, 15) is 14.7 Å². The van der Waals surface area contributed by atoms with Gasteiger partial charge in [0.2, 0.25) is 5.91 Å². The van der Waals surface area contributed by atoms with E-state index in [1.165, 1.54) is 4.90 Å². The Morgan fingerprint density at radius 2 is 2.05 bits per heavy atom. The molecule has 128 valence electrons. The smallest absolute Gasteiger partial charge is 0.417 e. The minimum Gasteiger partial charge on any atom is -0.447 e. The van der Waals surface area contributed by atoms with E-state index in [1.54, 1.807) is 6.92 Å². The maximum Gasteiger partial charge on any atom is 0.417 e. The molecule has 0 saturated carbocycles. The number of cyclic esters (lactones) is 1.